The second kappa shape index (κ2) is 9.21. The third-order valence-corrected chi connectivity index (χ3v) is 4.72. The van der Waals surface area contributed by atoms with E-state index in [1.807, 2.05) is 36.4 Å². The summed E-state index contributed by atoms with van der Waals surface area (Å²) in [6.07, 6.45) is 10.5. The number of benzene rings is 1. The molecule has 2 aliphatic heterocycles. The Labute approximate surface area is 179 Å². The van der Waals surface area contributed by atoms with Crippen LogP contribution in [0, 0.1) is 0 Å². The molecule has 0 radical (unpaired) electrons. The number of hydrogen-bond donors (Lipinski definition) is 1. The van der Waals surface area contributed by atoms with Gasteiger partial charge in [0.2, 0.25) is 17.5 Å². The summed E-state index contributed by atoms with van der Waals surface area (Å²) in [5.74, 6) is 3.48. The molecule has 0 saturated carbocycles. The first-order valence-corrected chi connectivity index (χ1v) is 9.72. The number of methoxy groups -OCH3 is 2. The first-order valence-electron chi connectivity index (χ1n) is 9.72. The Morgan fingerprint density at radius 1 is 1.10 bits per heavy atom. The van der Waals surface area contributed by atoms with Crippen molar-refractivity contribution in [1.82, 2.24) is 9.97 Å². The first-order chi connectivity index (χ1) is 15.2. The van der Waals surface area contributed by atoms with Crippen LogP contribution >= 0.6 is 0 Å². The van der Waals surface area contributed by atoms with Crippen molar-refractivity contribution in [3.63, 3.8) is 0 Å². The highest BCUT2D eigenvalue weighted by atomic mass is 16.5. The maximum atomic E-state index is 6.03. The summed E-state index contributed by atoms with van der Waals surface area (Å²) in [6.45, 7) is 0.320. The molecule has 0 aliphatic carbocycles. The molecule has 0 amide bonds. The molecule has 31 heavy (non-hydrogen) atoms. The van der Waals surface area contributed by atoms with Crippen LogP contribution in [0.2, 0.25) is 0 Å². The van der Waals surface area contributed by atoms with E-state index in [0.29, 0.717) is 42.2 Å². The van der Waals surface area contributed by atoms with Gasteiger partial charge in [0, 0.05) is 6.21 Å². The van der Waals surface area contributed by atoms with Gasteiger partial charge in [-0.25, -0.2) is 0 Å². The molecule has 0 spiro atoms. The number of aromatic nitrogens is 2. The molecule has 0 unspecified atom stereocenters. The maximum Gasteiger partial charge on any atom is 0.325 e. The van der Waals surface area contributed by atoms with Gasteiger partial charge in [0.1, 0.15) is 6.61 Å². The Balaban J connectivity index is 1.51. The SMILES string of the molecule is COc1ccc(CC2=[N+](c3cc(OCC4=CCC=CC=N4)ncn3)C(N)=N2)cc1OC. The lowest BCUT2D eigenvalue weighted by Crippen LogP contribution is -2.40. The van der Waals surface area contributed by atoms with Crippen LogP contribution in [0.5, 0.6) is 17.4 Å². The van der Waals surface area contributed by atoms with Crippen molar-refractivity contribution in [3.8, 4) is 17.4 Å². The number of rotatable bonds is 8. The van der Waals surface area contributed by atoms with Crippen molar-refractivity contribution in [1.29, 1.82) is 0 Å². The quantitative estimate of drug-likeness (QED) is 0.659. The van der Waals surface area contributed by atoms with Crippen LogP contribution < -0.4 is 19.9 Å². The van der Waals surface area contributed by atoms with Crippen LogP contribution in [0.15, 0.2) is 64.5 Å². The van der Waals surface area contributed by atoms with E-state index >= 15 is 0 Å². The highest BCUT2D eigenvalue weighted by Gasteiger charge is 2.28. The van der Waals surface area contributed by atoms with Crippen LogP contribution in [0.3, 0.4) is 0 Å². The first kappa shape index (κ1) is 20.3. The molecule has 2 aromatic rings. The van der Waals surface area contributed by atoms with Crippen molar-refractivity contribution >= 4 is 23.8 Å². The normalized spacial score (nSPS) is 15.0. The molecule has 9 heteroatoms. The third-order valence-electron chi connectivity index (χ3n) is 4.72. The molecule has 4 rings (SSSR count). The van der Waals surface area contributed by atoms with Crippen molar-refractivity contribution < 1.29 is 18.8 Å². The number of nitrogens with zero attached hydrogens (tertiary/aromatic N) is 5. The largest absolute Gasteiger partial charge is 0.493 e. The fraction of sp³-hybridized carbons (Fsp3) is 0.227. The van der Waals surface area contributed by atoms with E-state index < -0.39 is 0 Å². The fourth-order valence-corrected chi connectivity index (χ4v) is 3.17. The summed E-state index contributed by atoms with van der Waals surface area (Å²) in [5.41, 5.74) is 7.88. The zero-order chi connectivity index (χ0) is 21.6. The molecule has 0 bridgehead atoms. The number of aliphatic imine (C=N–C) groups is 2. The summed E-state index contributed by atoms with van der Waals surface area (Å²) in [7, 11) is 3.21. The molecule has 1 aromatic heterocycles. The zero-order valence-corrected chi connectivity index (χ0v) is 17.4. The Bertz CT molecular complexity index is 1130. The smallest absolute Gasteiger partial charge is 0.325 e. The minimum absolute atomic E-state index is 0.320. The maximum absolute atomic E-state index is 6.03. The predicted octanol–water partition coefficient (Wildman–Crippen LogP) is 2.40. The lowest BCUT2D eigenvalue weighted by Gasteiger charge is -2.17. The molecule has 0 fully saturated rings. The lowest BCUT2D eigenvalue weighted by molar-refractivity contribution is -0.330. The number of ether oxygens (including phenoxy) is 3. The van der Waals surface area contributed by atoms with Crippen molar-refractivity contribution in [2.45, 2.75) is 12.8 Å². The Hall–Kier alpha value is -4.01. The number of nitrogens with two attached hydrogens (primary N) is 1. The third kappa shape index (κ3) is 4.61. The Kier molecular flexibility index (Phi) is 6.02. The summed E-state index contributed by atoms with van der Waals surface area (Å²) < 4.78 is 18.2. The molecule has 9 nitrogen and oxygen atoms in total. The molecular weight excluding hydrogens is 396 g/mol. The van der Waals surface area contributed by atoms with Gasteiger partial charge >= 0.3 is 5.96 Å². The Morgan fingerprint density at radius 2 is 1.97 bits per heavy atom. The van der Waals surface area contributed by atoms with E-state index in [1.54, 1.807) is 31.1 Å². The summed E-state index contributed by atoms with van der Waals surface area (Å²) >= 11 is 0. The highest BCUT2D eigenvalue weighted by molar-refractivity contribution is 6.01. The van der Waals surface area contributed by atoms with Gasteiger partial charge in [-0.1, -0.05) is 18.2 Å². The van der Waals surface area contributed by atoms with Crippen molar-refractivity contribution in [2.24, 2.45) is 15.7 Å². The van der Waals surface area contributed by atoms with E-state index in [9.17, 15) is 0 Å². The number of allylic oxidation sites excluding steroid dienone is 3. The van der Waals surface area contributed by atoms with Crippen LogP contribution in [-0.4, -0.2) is 53.4 Å². The van der Waals surface area contributed by atoms with Crippen LogP contribution in [0.25, 0.3) is 0 Å². The summed E-state index contributed by atoms with van der Waals surface area (Å²) in [5, 5.41) is 0. The van der Waals surface area contributed by atoms with E-state index in [-0.39, 0.29) is 0 Å². The van der Waals surface area contributed by atoms with E-state index in [4.69, 9.17) is 19.9 Å². The molecule has 0 atom stereocenters. The van der Waals surface area contributed by atoms with Crippen molar-refractivity contribution in [2.75, 3.05) is 20.8 Å². The molecule has 1 aromatic carbocycles. The topological polar surface area (TPSA) is 107 Å². The molecule has 2 aliphatic rings. The van der Waals surface area contributed by atoms with E-state index in [2.05, 4.69) is 20.0 Å². The second-order valence-corrected chi connectivity index (χ2v) is 6.73. The monoisotopic (exact) mass is 419 g/mol. The fourth-order valence-electron chi connectivity index (χ4n) is 3.17. The van der Waals surface area contributed by atoms with Crippen LogP contribution in [-0.2, 0) is 6.42 Å². The van der Waals surface area contributed by atoms with Gasteiger partial charge in [-0.05, 0) is 30.2 Å². The van der Waals surface area contributed by atoms with Gasteiger partial charge in [0.05, 0.1) is 32.4 Å². The molecule has 3 heterocycles. The van der Waals surface area contributed by atoms with E-state index in [1.165, 1.54) is 6.33 Å². The average Bonchev–Trinajstić information content (AvgIpc) is 3.06. The Morgan fingerprint density at radius 3 is 2.77 bits per heavy atom. The number of guanidine groups is 1. The van der Waals surface area contributed by atoms with E-state index in [0.717, 1.165) is 23.5 Å². The zero-order valence-electron chi connectivity index (χ0n) is 17.4. The minimum atomic E-state index is 0.320. The highest BCUT2D eigenvalue weighted by Crippen LogP contribution is 2.28. The van der Waals surface area contributed by atoms with Crippen LogP contribution in [0.4, 0.5) is 5.82 Å². The standard InChI is InChI=1S/C22H22N6O3/c1-29-17-8-7-15(10-18(17)30-2)11-20-27-22(23)28(20)19-12-21(26-14-25-19)31-13-16-6-4-3-5-9-24-16/h3,5-10,12,14,23H,4,11,13H2,1-2H3/p+1. The van der Waals surface area contributed by atoms with Crippen LogP contribution in [0.1, 0.15) is 12.0 Å². The molecule has 2 N–H and O–H groups in total. The predicted molar refractivity (Wildman–Crippen MR) is 118 cm³/mol. The van der Waals surface area contributed by atoms with Gasteiger partial charge in [0.15, 0.2) is 17.8 Å². The van der Waals surface area contributed by atoms with Gasteiger partial charge < -0.3 is 19.9 Å². The lowest BCUT2D eigenvalue weighted by atomic mass is 10.1. The minimum Gasteiger partial charge on any atom is -0.493 e. The average molecular weight is 419 g/mol. The molecule has 0 saturated heterocycles. The van der Waals surface area contributed by atoms with Gasteiger partial charge in [-0.15, -0.1) is 9.98 Å². The summed E-state index contributed by atoms with van der Waals surface area (Å²) in [4.78, 5) is 17.2. The molecular formula is C22H23N6O3+. The summed E-state index contributed by atoms with van der Waals surface area (Å²) in [6, 6.07) is 7.47. The van der Waals surface area contributed by atoms with Gasteiger partial charge in [-0.2, -0.15) is 9.56 Å². The number of hydrogen-bond acceptors (Lipinski definition) is 8. The van der Waals surface area contributed by atoms with Crippen molar-refractivity contribution in [3.05, 3.63) is 60.1 Å². The van der Waals surface area contributed by atoms with Gasteiger partial charge in [0.25, 0.3) is 0 Å². The molecule has 158 valence electrons. The number of amidine groups is 1. The second-order valence-electron chi connectivity index (χ2n) is 6.73. The van der Waals surface area contributed by atoms with Gasteiger partial charge in [-0.3, -0.25) is 4.99 Å².